The molecule has 1 amide bonds. The number of hydrazine groups is 1. The van der Waals surface area contributed by atoms with E-state index in [9.17, 15) is 4.79 Å². The standard InChI is InChI=1S/C9H12N2O2/c1-13-8-4-2-7(3-5-8)6-9(12)11-10/h2-5H,6,10H2,1H3,(H,11,12). The number of hydrogen-bond acceptors (Lipinski definition) is 3. The van der Waals surface area contributed by atoms with E-state index in [1.807, 2.05) is 12.1 Å². The maximum atomic E-state index is 10.9. The minimum absolute atomic E-state index is 0.204. The molecule has 4 heteroatoms. The van der Waals surface area contributed by atoms with Crippen molar-refractivity contribution in [2.75, 3.05) is 7.11 Å². The quantitative estimate of drug-likeness (QED) is 0.397. The van der Waals surface area contributed by atoms with Crippen LogP contribution in [-0.4, -0.2) is 13.0 Å². The van der Waals surface area contributed by atoms with Crippen molar-refractivity contribution in [2.24, 2.45) is 5.84 Å². The molecule has 1 aromatic rings. The summed E-state index contributed by atoms with van der Waals surface area (Å²) in [6.45, 7) is 0. The Bertz CT molecular complexity index is 282. The lowest BCUT2D eigenvalue weighted by molar-refractivity contribution is -0.120. The Balaban J connectivity index is 2.64. The highest BCUT2D eigenvalue weighted by atomic mass is 16.5. The van der Waals surface area contributed by atoms with E-state index >= 15 is 0 Å². The number of ether oxygens (including phenoxy) is 1. The second kappa shape index (κ2) is 4.47. The molecule has 0 atom stereocenters. The summed E-state index contributed by atoms with van der Waals surface area (Å²) < 4.78 is 4.98. The van der Waals surface area contributed by atoms with Crippen LogP contribution in [-0.2, 0) is 11.2 Å². The second-order valence-electron chi connectivity index (χ2n) is 2.59. The maximum absolute atomic E-state index is 10.9. The average Bonchev–Trinajstić information content (AvgIpc) is 2.19. The molecule has 0 bridgehead atoms. The van der Waals surface area contributed by atoms with Crippen LogP contribution in [0, 0.1) is 0 Å². The lowest BCUT2D eigenvalue weighted by Crippen LogP contribution is -2.31. The Morgan fingerprint density at radius 2 is 2.08 bits per heavy atom. The van der Waals surface area contributed by atoms with Crippen molar-refractivity contribution in [3.8, 4) is 5.75 Å². The summed E-state index contributed by atoms with van der Waals surface area (Å²) in [7, 11) is 1.60. The Labute approximate surface area is 76.7 Å². The normalized spacial score (nSPS) is 9.38. The number of benzene rings is 1. The van der Waals surface area contributed by atoms with Crippen LogP contribution < -0.4 is 16.0 Å². The van der Waals surface area contributed by atoms with E-state index in [4.69, 9.17) is 10.6 Å². The lowest BCUT2D eigenvalue weighted by Gasteiger charge is -2.02. The van der Waals surface area contributed by atoms with Crippen LogP contribution in [0.15, 0.2) is 24.3 Å². The van der Waals surface area contributed by atoms with Crippen LogP contribution in [0.25, 0.3) is 0 Å². The van der Waals surface area contributed by atoms with Gasteiger partial charge in [-0.15, -0.1) is 0 Å². The van der Waals surface area contributed by atoms with Crippen LogP contribution in [0.5, 0.6) is 5.75 Å². The first kappa shape index (κ1) is 9.54. The van der Waals surface area contributed by atoms with E-state index in [-0.39, 0.29) is 5.91 Å². The van der Waals surface area contributed by atoms with Crippen molar-refractivity contribution in [3.63, 3.8) is 0 Å². The number of methoxy groups -OCH3 is 1. The molecule has 3 N–H and O–H groups in total. The van der Waals surface area contributed by atoms with Gasteiger partial charge in [0.2, 0.25) is 5.91 Å². The predicted molar refractivity (Wildman–Crippen MR) is 49.0 cm³/mol. The third-order valence-electron chi connectivity index (χ3n) is 1.68. The molecule has 0 aliphatic rings. The number of rotatable bonds is 3. The molecule has 0 aromatic heterocycles. The zero-order valence-electron chi connectivity index (χ0n) is 7.41. The highest BCUT2D eigenvalue weighted by molar-refractivity contribution is 5.77. The van der Waals surface area contributed by atoms with Crippen molar-refractivity contribution in [3.05, 3.63) is 29.8 Å². The fourth-order valence-corrected chi connectivity index (χ4v) is 0.980. The Hall–Kier alpha value is -1.55. The topological polar surface area (TPSA) is 64.3 Å². The molecule has 0 unspecified atom stereocenters. The molecule has 0 saturated carbocycles. The van der Waals surface area contributed by atoms with E-state index in [0.717, 1.165) is 11.3 Å². The minimum Gasteiger partial charge on any atom is -0.497 e. The van der Waals surface area contributed by atoms with Gasteiger partial charge in [-0.05, 0) is 17.7 Å². The first-order chi connectivity index (χ1) is 6.26. The van der Waals surface area contributed by atoms with Gasteiger partial charge in [-0.2, -0.15) is 0 Å². The summed E-state index contributed by atoms with van der Waals surface area (Å²) in [6, 6.07) is 7.26. The third-order valence-corrected chi connectivity index (χ3v) is 1.68. The first-order valence-corrected chi connectivity index (χ1v) is 3.88. The monoisotopic (exact) mass is 180 g/mol. The average molecular weight is 180 g/mol. The molecule has 0 radical (unpaired) electrons. The lowest BCUT2D eigenvalue weighted by atomic mass is 10.1. The molecule has 4 nitrogen and oxygen atoms in total. The molecular formula is C9H12N2O2. The highest BCUT2D eigenvalue weighted by Gasteiger charge is 2.00. The van der Waals surface area contributed by atoms with Gasteiger partial charge < -0.3 is 4.74 Å². The van der Waals surface area contributed by atoms with Crippen molar-refractivity contribution in [2.45, 2.75) is 6.42 Å². The fourth-order valence-electron chi connectivity index (χ4n) is 0.980. The molecule has 0 heterocycles. The number of nitrogens with one attached hydrogen (secondary N) is 1. The summed E-state index contributed by atoms with van der Waals surface area (Å²) in [5, 5.41) is 0. The van der Waals surface area contributed by atoms with Crippen molar-refractivity contribution in [1.82, 2.24) is 5.43 Å². The molecule has 0 aliphatic heterocycles. The Morgan fingerprint density at radius 3 is 2.54 bits per heavy atom. The molecule has 0 spiro atoms. The van der Waals surface area contributed by atoms with Crippen molar-refractivity contribution in [1.29, 1.82) is 0 Å². The second-order valence-corrected chi connectivity index (χ2v) is 2.59. The number of amides is 1. The van der Waals surface area contributed by atoms with E-state index in [1.165, 1.54) is 0 Å². The largest absolute Gasteiger partial charge is 0.497 e. The summed E-state index contributed by atoms with van der Waals surface area (Å²) in [5.41, 5.74) is 2.98. The van der Waals surface area contributed by atoms with Gasteiger partial charge >= 0.3 is 0 Å². The van der Waals surface area contributed by atoms with E-state index < -0.39 is 0 Å². The molecular weight excluding hydrogens is 168 g/mol. The van der Waals surface area contributed by atoms with Gasteiger partial charge in [0.15, 0.2) is 0 Å². The number of nitrogens with two attached hydrogens (primary N) is 1. The first-order valence-electron chi connectivity index (χ1n) is 3.88. The van der Waals surface area contributed by atoms with Crippen molar-refractivity contribution >= 4 is 5.91 Å². The fraction of sp³-hybridized carbons (Fsp3) is 0.222. The van der Waals surface area contributed by atoms with Gasteiger partial charge in [0.25, 0.3) is 0 Å². The minimum atomic E-state index is -0.204. The Morgan fingerprint density at radius 1 is 1.46 bits per heavy atom. The number of carbonyl (C=O) groups excluding carboxylic acids is 1. The molecule has 13 heavy (non-hydrogen) atoms. The van der Waals surface area contributed by atoms with E-state index in [2.05, 4.69) is 5.43 Å². The van der Waals surface area contributed by atoms with Crippen molar-refractivity contribution < 1.29 is 9.53 Å². The van der Waals surface area contributed by atoms with E-state index in [0.29, 0.717) is 6.42 Å². The predicted octanol–water partition coefficient (Wildman–Crippen LogP) is 0.228. The Kier molecular flexibility index (Phi) is 3.28. The van der Waals surface area contributed by atoms with Crippen LogP contribution in [0.1, 0.15) is 5.56 Å². The van der Waals surface area contributed by atoms with Crippen LogP contribution in [0.4, 0.5) is 0 Å². The maximum Gasteiger partial charge on any atom is 0.238 e. The van der Waals surface area contributed by atoms with Gasteiger partial charge in [0, 0.05) is 0 Å². The van der Waals surface area contributed by atoms with Crippen LogP contribution in [0.3, 0.4) is 0 Å². The zero-order chi connectivity index (χ0) is 9.68. The molecule has 0 aliphatic carbocycles. The van der Waals surface area contributed by atoms with Gasteiger partial charge in [0.05, 0.1) is 13.5 Å². The zero-order valence-corrected chi connectivity index (χ0v) is 7.41. The highest BCUT2D eigenvalue weighted by Crippen LogP contribution is 2.11. The van der Waals surface area contributed by atoms with Crippen LogP contribution >= 0.6 is 0 Å². The SMILES string of the molecule is COc1ccc(CC(=O)NN)cc1. The molecule has 1 aromatic carbocycles. The van der Waals surface area contributed by atoms with Crippen LogP contribution in [0.2, 0.25) is 0 Å². The van der Waals surface area contributed by atoms with Gasteiger partial charge in [-0.3, -0.25) is 10.2 Å². The molecule has 0 saturated heterocycles. The third kappa shape index (κ3) is 2.76. The number of carbonyl (C=O) groups is 1. The van der Waals surface area contributed by atoms with E-state index in [1.54, 1.807) is 19.2 Å². The summed E-state index contributed by atoms with van der Waals surface area (Å²) in [6.07, 6.45) is 0.292. The van der Waals surface area contributed by atoms with Gasteiger partial charge in [-0.1, -0.05) is 12.1 Å². The molecule has 1 rings (SSSR count). The number of hydrogen-bond donors (Lipinski definition) is 2. The van der Waals surface area contributed by atoms with Gasteiger partial charge in [-0.25, -0.2) is 5.84 Å². The summed E-state index contributed by atoms with van der Waals surface area (Å²) in [4.78, 5) is 10.9. The van der Waals surface area contributed by atoms with Gasteiger partial charge in [0.1, 0.15) is 5.75 Å². The molecule has 70 valence electrons. The summed E-state index contributed by atoms with van der Waals surface area (Å²) in [5.74, 6) is 5.52. The molecule has 0 fully saturated rings. The smallest absolute Gasteiger partial charge is 0.238 e. The summed E-state index contributed by atoms with van der Waals surface area (Å²) >= 11 is 0.